The van der Waals surface area contributed by atoms with Crippen LogP contribution in [0.25, 0.3) is 0 Å². The summed E-state index contributed by atoms with van der Waals surface area (Å²) in [4.78, 5) is 11.7. The summed E-state index contributed by atoms with van der Waals surface area (Å²) in [6.45, 7) is 4.21. The molecule has 2 heteroatoms. The van der Waals surface area contributed by atoms with Crippen LogP contribution in [0, 0.1) is 6.92 Å². The molecule has 0 saturated heterocycles. The Morgan fingerprint density at radius 3 is 2.53 bits per heavy atom. The van der Waals surface area contributed by atoms with E-state index in [1.165, 1.54) is 19.3 Å². The number of hydrogen-bond acceptors (Lipinski definition) is 1. The Bertz CT molecular complexity index is 347. The summed E-state index contributed by atoms with van der Waals surface area (Å²) in [5, 5.41) is 2.96. The molecule has 0 aliphatic heterocycles. The molecule has 0 aliphatic rings. The van der Waals surface area contributed by atoms with Gasteiger partial charge in [-0.3, -0.25) is 4.79 Å². The lowest BCUT2D eigenvalue weighted by atomic mass is 10.1. The van der Waals surface area contributed by atoms with Crippen molar-refractivity contribution >= 4 is 11.6 Å². The molecule has 0 atom stereocenters. The molecule has 1 N–H and O–H groups in total. The van der Waals surface area contributed by atoms with Crippen molar-refractivity contribution in [1.29, 1.82) is 0 Å². The summed E-state index contributed by atoms with van der Waals surface area (Å²) in [7, 11) is 0. The Morgan fingerprint density at radius 2 is 1.82 bits per heavy atom. The van der Waals surface area contributed by atoms with Crippen LogP contribution in [0.5, 0.6) is 0 Å². The maximum Gasteiger partial charge on any atom is 0.224 e. The Kier molecular flexibility index (Phi) is 6.38. The van der Waals surface area contributed by atoms with Crippen molar-refractivity contribution in [3.05, 3.63) is 29.8 Å². The minimum absolute atomic E-state index is 0.135. The Morgan fingerprint density at radius 1 is 1.12 bits per heavy atom. The predicted octanol–water partition coefficient (Wildman–Crippen LogP) is 4.29. The van der Waals surface area contributed by atoms with Crippen LogP contribution >= 0.6 is 0 Å². The number of anilines is 1. The second-order valence-electron chi connectivity index (χ2n) is 4.53. The predicted molar refractivity (Wildman–Crippen MR) is 73.2 cm³/mol. The van der Waals surface area contributed by atoms with E-state index in [1.54, 1.807) is 0 Å². The van der Waals surface area contributed by atoms with E-state index in [1.807, 2.05) is 31.2 Å². The summed E-state index contributed by atoms with van der Waals surface area (Å²) in [6, 6.07) is 7.89. The molecule has 0 heterocycles. The van der Waals surface area contributed by atoms with Gasteiger partial charge in [-0.15, -0.1) is 0 Å². The SMILES string of the molecule is CCCCCCCC(=O)Nc1ccccc1C. The number of rotatable bonds is 7. The second-order valence-corrected chi connectivity index (χ2v) is 4.53. The highest BCUT2D eigenvalue weighted by Crippen LogP contribution is 2.14. The molecule has 94 valence electrons. The summed E-state index contributed by atoms with van der Waals surface area (Å²) in [5.74, 6) is 0.135. The molecule has 0 fully saturated rings. The maximum absolute atomic E-state index is 11.7. The highest BCUT2D eigenvalue weighted by Gasteiger charge is 2.03. The quantitative estimate of drug-likeness (QED) is 0.699. The first-order chi connectivity index (χ1) is 8.24. The molecule has 0 aliphatic carbocycles. The number of hydrogen-bond donors (Lipinski definition) is 1. The normalized spacial score (nSPS) is 10.2. The fourth-order valence-corrected chi connectivity index (χ4v) is 1.81. The fourth-order valence-electron chi connectivity index (χ4n) is 1.81. The minimum Gasteiger partial charge on any atom is -0.326 e. The van der Waals surface area contributed by atoms with Gasteiger partial charge in [0.1, 0.15) is 0 Å². The van der Waals surface area contributed by atoms with Crippen LogP contribution in [-0.2, 0) is 4.79 Å². The average molecular weight is 233 g/mol. The van der Waals surface area contributed by atoms with E-state index in [4.69, 9.17) is 0 Å². The van der Waals surface area contributed by atoms with E-state index in [9.17, 15) is 4.79 Å². The van der Waals surface area contributed by atoms with Gasteiger partial charge in [-0.2, -0.15) is 0 Å². The molecule has 0 saturated carbocycles. The second kappa shape index (κ2) is 7.88. The van der Waals surface area contributed by atoms with Crippen LogP contribution in [0.15, 0.2) is 24.3 Å². The molecule has 2 nitrogen and oxygen atoms in total. The van der Waals surface area contributed by atoms with Crippen molar-refractivity contribution in [2.75, 3.05) is 5.32 Å². The number of nitrogens with one attached hydrogen (secondary N) is 1. The summed E-state index contributed by atoms with van der Waals surface area (Å²) < 4.78 is 0. The molecule has 0 spiro atoms. The van der Waals surface area contributed by atoms with Crippen molar-refractivity contribution in [3.63, 3.8) is 0 Å². The van der Waals surface area contributed by atoms with Gasteiger partial charge in [-0.1, -0.05) is 50.8 Å². The van der Waals surface area contributed by atoms with Crippen molar-refractivity contribution in [3.8, 4) is 0 Å². The highest BCUT2D eigenvalue weighted by atomic mass is 16.1. The van der Waals surface area contributed by atoms with Crippen LogP contribution < -0.4 is 5.32 Å². The van der Waals surface area contributed by atoms with Gasteiger partial charge < -0.3 is 5.32 Å². The molecule has 1 aromatic rings. The van der Waals surface area contributed by atoms with E-state index in [0.29, 0.717) is 6.42 Å². The molecule has 17 heavy (non-hydrogen) atoms. The van der Waals surface area contributed by atoms with E-state index < -0.39 is 0 Å². The molecule has 0 radical (unpaired) electrons. The smallest absolute Gasteiger partial charge is 0.224 e. The number of aryl methyl sites for hydroxylation is 1. The lowest BCUT2D eigenvalue weighted by Gasteiger charge is -2.07. The first kappa shape index (κ1) is 13.8. The molecule has 1 amide bonds. The standard InChI is InChI=1S/C15H23NO/c1-3-4-5-6-7-12-15(17)16-14-11-9-8-10-13(14)2/h8-11H,3-7,12H2,1-2H3,(H,16,17). The molecule has 0 bridgehead atoms. The number of para-hydroxylation sites is 1. The maximum atomic E-state index is 11.7. The number of benzene rings is 1. The Labute approximate surface area is 104 Å². The monoisotopic (exact) mass is 233 g/mol. The van der Waals surface area contributed by atoms with Gasteiger partial charge in [0.2, 0.25) is 5.91 Å². The molecule has 0 unspecified atom stereocenters. The molecular weight excluding hydrogens is 210 g/mol. The molecular formula is C15H23NO. The zero-order valence-corrected chi connectivity index (χ0v) is 11.0. The van der Waals surface area contributed by atoms with Gasteiger partial charge in [0.25, 0.3) is 0 Å². The van der Waals surface area contributed by atoms with Gasteiger partial charge in [-0.05, 0) is 25.0 Å². The topological polar surface area (TPSA) is 29.1 Å². The number of carbonyl (C=O) groups excluding carboxylic acids is 1. The average Bonchev–Trinajstić information content (AvgIpc) is 2.32. The summed E-state index contributed by atoms with van der Waals surface area (Å²) >= 11 is 0. The summed E-state index contributed by atoms with van der Waals surface area (Å²) in [6.07, 6.45) is 6.56. The van der Waals surface area contributed by atoms with Gasteiger partial charge in [0.15, 0.2) is 0 Å². The van der Waals surface area contributed by atoms with Crippen LogP contribution in [0.3, 0.4) is 0 Å². The third-order valence-electron chi connectivity index (χ3n) is 2.93. The van der Waals surface area contributed by atoms with Crippen LogP contribution in [-0.4, -0.2) is 5.91 Å². The van der Waals surface area contributed by atoms with Crippen molar-refractivity contribution < 1.29 is 4.79 Å². The van der Waals surface area contributed by atoms with Crippen LogP contribution in [0.4, 0.5) is 5.69 Å². The lowest BCUT2D eigenvalue weighted by Crippen LogP contribution is -2.11. The van der Waals surface area contributed by atoms with E-state index in [-0.39, 0.29) is 5.91 Å². The van der Waals surface area contributed by atoms with E-state index in [0.717, 1.165) is 24.1 Å². The Balaban J connectivity index is 2.23. The zero-order valence-electron chi connectivity index (χ0n) is 11.0. The van der Waals surface area contributed by atoms with Gasteiger partial charge in [-0.25, -0.2) is 0 Å². The fraction of sp³-hybridized carbons (Fsp3) is 0.533. The number of unbranched alkanes of at least 4 members (excludes halogenated alkanes) is 4. The molecule has 1 rings (SSSR count). The van der Waals surface area contributed by atoms with Gasteiger partial charge in [0, 0.05) is 12.1 Å². The van der Waals surface area contributed by atoms with Crippen LogP contribution in [0.1, 0.15) is 51.0 Å². The Hall–Kier alpha value is -1.31. The lowest BCUT2D eigenvalue weighted by molar-refractivity contribution is -0.116. The minimum atomic E-state index is 0.135. The zero-order chi connectivity index (χ0) is 12.5. The van der Waals surface area contributed by atoms with Gasteiger partial charge in [0.05, 0.1) is 0 Å². The molecule has 1 aromatic carbocycles. The summed E-state index contributed by atoms with van der Waals surface area (Å²) in [5.41, 5.74) is 2.05. The van der Waals surface area contributed by atoms with E-state index >= 15 is 0 Å². The first-order valence-electron chi connectivity index (χ1n) is 6.59. The molecule has 0 aromatic heterocycles. The number of amides is 1. The largest absolute Gasteiger partial charge is 0.326 e. The third-order valence-corrected chi connectivity index (χ3v) is 2.93. The first-order valence-corrected chi connectivity index (χ1v) is 6.59. The van der Waals surface area contributed by atoms with Crippen molar-refractivity contribution in [2.45, 2.75) is 52.4 Å². The van der Waals surface area contributed by atoms with Crippen molar-refractivity contribution in [2.24, 2.45) is 0 Å². The third kappa shape index (κ3) is 5.53. The number of carbonyl (C=O) groups is 1. The highest BCUT2D eigenvalue weighted by molar-refractivity contribution is 5.91. The van der Waals surface area contributed by atoms with Gasteiger partial charge >= 0.3 is 0 Å². The van der Waals surface area contributed by atoms with E-state index in [2.05, 4.69) is 12.2 Å². The van der Waals surface area contributed by atoms with Crippen LogP contribution in [0.2, 0.25) is 0 Å². The van der Waals surface area contributed by atoms with Crippen molar-refractivity contribution in [1.82, 2.24) is 0 Å².